The Bertz CT molecular complexity index is 1240. The Morgan fingerprint density at radius 3 is 2.15 bits per heavy atom. The van der Waals surface area contributed by atoms with Gasteiger partial charge in [0.25, 0.3) is 5.91 Å². The normalized spacial score (nSPS) is 11.6. The number of rotatable bonds is 8. The number of carbonyl (C=O) groups excluding carboxylic acids is 1. The Balaban J connectivity index is 1.91. The van der Waals surface area contributed by atoms with Crippen LogP contribution in [0.3, 0.4) is 0 Å². The molecule has 176 valence electrons. The molecule has 1 heterocycles. The van der Waals surface area contributed by atoms with Crippen molar-refractivity contribution in [2.24, 2.45) is 0 Å². The van der Waals surface area contributed by atoms with Crippen molar-refractivity contribution in [1.82, 2.24) is 14.1 Å². The predicted octanol–water partition coefficient (Wildman–Crippen LogP) is 3.84. The number of hydrogen-bond donors (Lipinski definition) is 1. The molecule has 0 fully saturated rings. The Labute approximate surface area is 195 Å². The van der Waals surface area contributed by atoms with Gasteiger partial charge in [-0.05, 0) is 62.4 Å². The van der Waals surface area contributed by atoms with Crippen LogP contribution in [-0.2, 0) is 10.0 Å². The molecule has 8 nitrogen and oxygen atoms in total. The second-order valence-electron chi connectivity index (χ2n) is 8.00. The van der Waals surface area contributed by atoms with Crippen LogP contribution in [0.4, 0.5) is 11.4 Å². The van der Waals surface area contributed by atoms with Gasteiger partial charge in [-0.25, -0.2) is 13.1 Å². The molecule has 0 saturated heterocycles. The van der Waals surface area contributed by atoms with E-state index in [1.807, 2.05) is 55.7 Å². The van der Waals surface area contributed by atoms with Crippen molar-refractivity contribution in [3.05, 3.63) is 65.5 Å². The van der Waals surface area contributed by atoms with Crippen LogP contribution in [0.25, 0.3) is 5.69 Å². The highest BCUT2D eigenvalue weighted by molar-refractivity contribution is 7.89. The molecule has 0 unspecified atom stereocenters. The van der Waals surface area contributed by atoms with E-state index in [0.717, 1.165) is 17.1 Å². The first-order valence-electron chi connectivity index (χ1n) is 10.8. The SMILES string of the molecule is CCN(CC)S(=O)(=O)c1ccc(N(C)C)c(NC(=O)c2ccc(-n3nc(C)cc3C)cc2)c1. The highest BCUT2D eigenvalue weighted by atomic mass is 32.2. The molecule has 0 atom stereocenters. The Kier molecular flexibility index (Phi) is 7.24. The number of hydrogen-bond acceptors (Lipinski definition) is 5. The fourth-order valence-corrected chi connectivity index (χ4v) is 5.20. The van der Waals surface area contributed by atoms with Gasteiger partial charge >= 0.3 is 0 Å². The van der Waals surface area contributed by atoms with Gasteiger partial charge in [-0.2, -0.15) is 9.40 Å². The number of aromatic nitrogens is 2. The largest absolute Gasteiger partial charge is 0.376 e. The number of amides is 1. The zero-order valence-electron chi connectivity index (χ0n) is 20.0. The number of anilines is 2. The van der Waals surface area contributed by atoms with Crippen LogP contribution in [0.1, 0.15) is 35.6 Å². The van der Waals surface area contributed by atoms with E-state index in [0.29, 0.717) is 30.0 Å². The second-order valence-corrected chi connectivity index (χ2v) is 9.94. The van der Waals surface area contributed by atoms with Gasteiger partial charge in [-0.15, -0.1) is 0 Å². The fraction of sp³-hybridized carbons (Fsp3) is 0.333. The van der Waals surface area contributed by atoms with E-state index < -0.39 is 10.0 Å². The lowest BCUT2D eigenvalue weighted by molar-refractivity contribution is 0.102. The number of aryl methyl sites for hydroxylation is 2. The highest BCUT2D eigenvalue weighted by Gasteiger charge is 2.23. The Hall–Kier alpha value is -3.17. The fourth-order valence-electron chi connectivity index (χ4n) is 3.72. The van der Waals surface area contributed by atoms with Crippen LogP contribution >= 0.6 is 0 Å². The molecule has 0 aliphatic heterocycles. The van der Waals surface area contributed by atoms with E-state index in [1.165, 1.54) is 10.4 Å². The summed E-state index contributed by atoms with van der Waals surface area (Å²) in [4.78, 5) is 15.0. The van der Waals surface area contributed by atoms with E-state index in [-0.39, 0.29) is 10.8 Å². The molecule has 1 amide bonds. The number of carbonyl (C=O) groups is 1. The summed E-state index contributed by atoms with van der Waals surface area (Å²) in [5.74, 6) is -0.324. The number of nitrogens with one attached hydrogen (secondary N) is 1. The van der Waals surface area contributed by atoms with E-state index in [1.54, 1.807) is 38.1 Å². The first kappa shape index (κ1) is 24.5. The molecule has 2 aromatic carbocycles. The maximum Gasteiger partial charge on any atom is 0.255 e. The lowest BCUT2D eigenvalue weighted by Gasteiger charge is -2.22. The molecule has 3 aromatic rings. The molecule has 0 saturated carbocycles. The average molecular weight is 470 g/mol. The van der Waals surface area contributed by atoms with Gasteiger partial charge in [0.15, 0.2) is 0 Å². The topological polar surface area (TPSA) is 87.5 Å². The summed E-state index contributed by atoms with van der Waals surface area (Å²) in [7, 11) is 0.0289. The molecular weight excluding hydrogens is 438 g/mol. The summed E-state index contributed by atoms with van der Waals surface area (Å²) < 4.78 is 29.2. The zero-order valence-corrected chi connectivity index (χ0v) is 20.8. The number of nitrogens with zero attached hydrogens (tertiary/aromatic N) is 4. The van der Waals surface area contributed by atoms with Gasteiger partial charge in [0, 0.05) is 38.4 Å². The molecule has 3 rings (SSSR count). The highest BCUT2D eigenvalue weighted by Crippen LogP contribution is 2.29. The summed E-state index contributed by atoms with van der Waals surface area (Å²) >= 11 is 0. The molecule has 1 N–H and O–H groups in total. The third kappa shape index (κ3) is 5.09. The minimum Gasteiger partial charge on any atom is -0.376 e. The van der Waals surface area contributed by atoms with Crippen LogP contribution < -0.4 is 10.2 Å². The summed E-state index contributed by atoms with van der Waals surface area (Å²) in [6.45, 7) is 8.25. The average Bonchev–Trinajstić information content (AvgIpc) is 3.12. The Morgan fingerprint density at radius 2 is 1.64 bits per heavy atom. The predicted molar refractivity (Wildman–Crippen MR) is 132 cm³/mol. The van der Waals surface area contributed by atoms with Crippen molar-refractivity contribution in [1.29, 1.82) is 0 Å². The number of benzene rings is 2. The molecule has 0 aliphatic rings. The van der Waals surface area contributed by atoms with Gasteiger partial charge in [0.2, 0.25) is 10.0 Å². The van der Waals surface area contributed by atoms with Crippen molar-refractivity contribution in [2.75, 3.05) is 37.4 Å². The quantitative estimate of drug-likeness (QED) is 0.542. The maximum absolute atomic E-state index is 13.0. The van der Waals surface area contributed by atoms with E-state index >= 15 is 0 Å². The molecule has 0 aliphatic carbocycles. The summed E-state index contributed by atoms with van der Waals surface area (Å²) in [6.07, 6.45) is 0. The lowest BCUT2D eigenvalue weighted by Crippen LogP contribution is -2.30. The van der Waals surface area contributed by atoms with Gasteiger partial charge in [0.05, 0.1) is 27.7 Å². The minimum absolute atomic E-state index is 0.145. The zero-order chi connectivity index (χ0) is 24.3. The molecule has 33 heavy (non-hydrogen) atoms. The van der Waals surface area contributed by atoms with Crippen LogP contribution in [0, 0.1) is 13.8 Å². The van der Waals surface area contributed by atoms with Crippen molar-refractivity contribution < 1.29 is 13.2 Å². The first-order chi connectivity index (χ1) is 15.6. The molecule has 1 aromatic heterocycles. The monoisotopic (exact) mass is 469 g/mol. The first-order valence-corrected chi connectivity index (χ1v) is 12.3. The minimum atomic E-state index is -3.65. The summed E-state index contributed by atoms with van der Waals surface area (Å²) in [5.41, 5.74) is 4.39. The smallest absolute Gasteiger partial charge is 0.255 e. The Morgan fingerprint density at radius 1 is 1.00 bits per heavy atom. The lowest BCUT2D eigenvalue weighted by atomic mass is 10.1. The van der Waals surface area contributed by atoms with Crippen LogP contribution in [0.2, 0.25) is 0 Å². The van der Waals surface area contributed by atoms with Gasteiger partial charge in [-0.3, -0.25) is 4.79 Å². The summed E-state index contributed by atoms with van der Waals surface area (Å²) in [5, 5.41) is 7.35. The second kappa shape index (κ2) is 9.76. The maximum atomic E-state index is 13.0. The molecule has 9 heteroatoms. The standard InChI is InChI=1S/C24H31N5O3S/c1-7-28(8-2)33(31,32)21-13-14-23(27(5)6)22(16-21)25-24(30)19-9-11-20(12-10-19)29-18(4)15-17(3)26-29/h9-16H,7-8H2,1-6H3,(H,25,30). The van der Waals surface area contributed by atoms with E-state index in [4.69, 9.17) is 0 Å². The molecular formula is C24H31N5O3S. The van der Waals surface area contributed by atoms with E-state index in [9.17, 15) is 13.2 Å². The van der Waals surface area contributed by atoms with Crippen LogP contribution in [0.5, 0.6) is 0 Å². The van der Waals surface area contributed by atoms with Crippen LogP contribution in [-0.4, -0.2) is 55.6 Å². The van der Waals surface area contributed by atoms with Crippen molar-refractivity contribution >= 4 is 27.3 Å². The van der Waals surface area contributed by atoms with Crippen molar-refractivity contribution in [3.8, 4) is 5.69 Å². The van der Waals surface area contributed by atoms with Gasteiger partial charge in [0.1, 0.15) is 0 Å². The van der Waals surface area contributed by atoms with Crippen molar-refractivity contribution in [3.63, 3.8) is 0 Å². The van der Waals surface area contributed by atoms with Gasteiger partial charge < -0.3 is 10.2 Å². The van der Waals surface area contributed by atoms with Crippen molar-refractivity contribution in [2.45, 2.75) is 32.6 Å². The van der Waals surface area contributed by atoms with E-state index in [2.05, 4.69) is 10.4 Å². The summed E-state index contributed by atoms with van der Waals surface area (Å²) in [6, 6.07) is 13.9. The molecule has 0 spiro atoms. The third-order valence-electron chi connectivity index (χ3n) is 5.42. The molecule has 0 bridgehead atoms. The van der Waals surface area contributed by atoms with Crippen LogP contribution in [0.15, 0.2) is 53.4 Å². The third-order valence-corrected chi connectivity index (χ3v) is 7.47. The van der Waals surface area contributed by atoms with Gasteiger partial charge in [-0.1, -0.05) is 13.8 Å². The molecule has 0 radical (unpaired) electrons. The number of sulfonamides is 1.